The summed E-state index contributed by atoms with van der Waals surface area (Å²) in [6, 6.07) is 5.58. The number of sulfone groups is 1. The number of halogens is 1. The molecule has 0 unspecified atom stereocenters. The second-order valence-corrected chi connectivity index (χ2v) is 6.75. The zero-order chi connectivity index (χ0) is 11.8. The molecule has 0 amide bonds. The van der Waals surface area contributed by atoms with E-state index in [0.717, 1.165) is 15.5 Å². The van der Waals surface area contributed by atoms with E-state index in [-0.39, 0.29) is 5.75 Å². The zero-order valence-corrected chi connectivity index (χ0v) is 11.0. The number of hydrogen-bond acceptors (Lipinski definition) is 4. The first-order valence-electron chi connectivity index (χ1n) is 4.62. The molecule has 16 heavy (non-hydrogen) atoms. The Morgan fingerprint density at radius 1 is 1.44 bits per heavy atom. The van der Waals surface area contributed by atoms with Crippen molar-refractivity contribution in [2.75, 3.05) is 12.0 Å². The van der Waals surface area contributed by atoms with Crippen LogP contribution in [0.1, 0.15) is 0 Å². The lowest BCUT2D eigenvalue weighted by Crippen LogP contribution is -2.12. The number of aromatic nitrogens is 3. The van der Waals surface area contributed by atoms with E-state index in [0.29, 0.717) is 6.54 Å². The number of nitrogens with zero attached hydrogens (tertiary/aromatic N) is 3. The van der Waals surface area contributed by atoms with Gasteiger partial charge >= 0.3 is 0 Å². The Morgan fingerprint density at radius 3 is 2.88 bits per heavy atom. The fourth-order valence-electron chi connectivity index (χ4n) is 1.36. The molecule has 0 spiro atoms. The predicted molar refractivity (Wildman–Crippen MR) is 64.9 cm³/mol. The minimum Gasteiger partial charge on any atom is -0.244 e. The van der Waals surface area contributed by atoms with E-state index in [1.54, 1.807) is 4.68 Å². The SMILES string of the molecule is CS(=O)(=O)CCn1nnc2ccc(Br)cc21. The van der Waals surface area contributed by atoms with Gasteiger partial charge in [-0.05, 0) is 18.2 Å². The maximum Gasteiger partial charge on any atom is 0.149 e. The number of aryl methyl sites for hydroxylation is 1. The van der Waals surface area contributed by atoms with Crippen molar-refractivity contribution >= 4 is 36.8 Å². The summed E-state index contributed by atoms with van der Waals surface area (Å²) in [6.45, 7) is 0.325. The molecule has 1 heterocycles. The summed E-state index contributed by atoms with van der Waals surface area (Å²) in [4.78, 5) is 0. The minimum absolute atomic E-state index is 0.0674. The van der Waals surface area contributed by atoms with Crippen LogP contribution in [0.25, 0.3) is 11.0 Å². The summed E-state index contributed by atoms with van der Waals surface area (Å²) in [5.41, 5.74) is 1.59. The molecule has 0 saturated heterocycles. The molecule has 0 saturated carbocycles. The molecule has 0 aliphatic carbocycles. The molecule has 2 rings (SSSR count). The molecule has 1 aromatic heterocycles. The van der Waals surface area contributed by atoms with Crippen molar-refractivity contribution in [3.05, 3.63) is 22.7 Å². The molecule has 0 fully saturated rings. The van der Waals surface area contributed by atoms with Crippen LogP contribution in [-0.2, 0) is 16.4 Å². The molecule has 0 aliphatic heterocycles. The molecule has 0 bridgehead atoms. The van der Waals surface area contributed by atoms with Crippen LogP contribution in [0.5, 0.6) is 0 Å². The van der Waals surface area contributed by atoms with Crippen molar-refractivity contribution in [2.45, 2.75) is 6.54 Å². The third kappa shape index (κ3) is 2.59. The van der Waals surface area contributed by atoms with Crippen molar-refractivity contribution in [3.8, 4) is 0 Å². The van der Waals surface area contributed by atoms with Gasteiger partial charge in [-0.3, -0.25) is 0 Å². The fraction of sp³-hybridized carbons (Fsp3) is 0.333. The van der Waals surface area contributed by atoms with Gasteiger partial charge in [0.15, 0.2) is 0 Å². The van der Waals surface area contributed by atoms with Gasteiger partial charge in [-0.1, -0.05) is 21.1 Å². The third-order valence-electron chi connectivity index (χ3n) is 2.15. The van der Waals surface area contributed by atoms with Gasteiger partial charge in [-0.15, -0.1) is 5.10 Å². The molecule has 86 valence electrons. The van der Waals surface area contributed by atoms with E-state index in [4.69, 9.17) is 0 Å². The van der Waals surface area contributed by atoms with Crippen LogP contribution >= 0.6 is 15.9 Å². The summed E-state index contributed by atoms with van der Waals surface area (Å²) < 4.78 is 24.6. The first kappa shape index (κ1) is 11.5. The van der Waals surface area contributed by atoms with Gasteiger partial charge in [0.2, 0.25) is 0 Å². The van der Waals surface area contributed by atoms with Crippen molar-refractivity contribution in [3.63, 3.8) is 0 Å². The number of rotatable bonds is 3. The third-order valence-corrected chi connectivity index (χ3v) is 3.57. The molecular formula is C9H10BrN3O2S. The van der Waals surface area contributed by atoms with Crippen LogP contribution in [0.4, 0.5) is 0 Å². The van der Waals surface area contributed by atoms with Gasteiger partial charge in [-0.2, -0.15) is 0 Å². The summed E-state index contributed by atoms with van der Waals surface area (Å²) in [5.74, 6) is 0.0674. The number of fused-ring (bicyclic) bond motifs is 1. The van der Waals surface area contributed by atoms with E-state index in [1.165, 1.54) is 6.26 Å². The molecule has 5 nitrogen and oxygen atoms in total. The van der Waals surface area contributed by atoms with E-state index >= 15 is 0 Å². The Hall–Kier alpha value is -0.950. The second kappa shape index (κ2) is 4.14. The van der Waals surface area contributed by atoms with Gasteiger partial charge in [-0.25, -0.2) is 13.1 Å². The molecule has 1 aromatic carbocycles. The first-order chi connectivity index (χ1) is 7.46. The second-order valence-electron chi connectivity index (χ2n) is 3.58. The summed E-state index contributed by atoms with van der Waals surface area (Å²) in [6.07, 6.45) is 1.21. The smallest absolute Gasteiger partial charge is 0.149 e. The van der Waals surface area contributed by atoms with Crippen LogP contribution in [0.3, 0.4) is 0 Å². The highest BCUT2D eigenvalue weighted by Crippen LogP contribution is 2.17. The number of benzene rings is 1. The predicted octanol–water partition coefficient (Wildman–Crippen LogP) is 1.24. The van der Waals surface area contributed by atoms with Crippen LogP contribution < -0.4 is 0 Å². The highest BCUT2D eigenvalue weighted by Gasteiger charge is 2.08. The van der Waals surface area contributed by atoms with E-state index in [9.17, 15) is 8.42 Å². The van der Waals surface area contributed by atoms with Crippen molar-refractivity contribution < 1.29 is 8.42 Å². The van der Waals surface area contributed by atoms with Gasteiger partial charge in [0.05, 0.1) is 17.8 Å². The van der Waals surface area contributed by atoms with E-state index in [2.05, 4.69) is 26.2 Å². The normalized spacial score (nSPS) is 12.1. The van der Waals surface area contributed by atoms with Gasteiger partial charge in [0.25, 0.3) is 0 Å². The minimum atomic E-state index is -2.98. The van der Waals surface area contributed by atoms with Gasteiger partial charge < -0.3 is 0 Å². The molecule has 0 N–H and O–H groups in total. The van der Waals surface area contributed by atoms with E-state index in [1.807, 2.05) is 18.2 Å². The lowest BCUT2D eigenvalue weighted by atomic mass is 10.3. The standard InChI is InChI=1S/C9H10BrN3O2S/c1-16(14,15)5-4-13-9-6-7(10)2-3-8(9)11-12-13/h2-3,6H,4-5H2,1H3. The Kier molecular flexibility index (Phi) is 2.98. The maximum absolute atomic E-state index is 11.1. The average molecular weight is 304 g/mol. The van der Waals surface area contributed by atoms with Crippen LogP contribution in [0.2, 0.25) is 0 Å². The lowest BCUT2D eigenvalue weighted by Gasteiger charge is -2.00. The monoisotopic (exact) mass is 303 g/mol. The van der Waals surface area contributed by atoms with E-state index < -0.39 is 9.84 Å². The Balaban J connectivity index is 2.34. The topological polar surface area (TPSA) is 64.8 Å². The molecule has 0 aliphatic rings. The average Bonchev–Trinajstić information content (AvgIpc) is 2.56. The fourth-order valence-corrected chi connectivity index (χ4v) is 2.21. The largest absolute Gasteiger partial charge is 0.244 e. The van der Waals surface area contributed by atoms with Crippen molar-refractivity contribution in [1.82, 2.24) is 15.0 Å². The molecule has 7 heteroatoms. The van der Waals surface area contributed by atoms with Gasteiger partial charge in [0, 0.05) is 10.7 Å². The Bertz CT molecular complexity index is 621. The van der Waals surface area contributed by atoms with Crippen LogP contribution in [-0.4, -0.2) is 35.4 Å². The van der Waals surface area contributed by atoms with Crippen molar-refractivity contribution in [2.24, 2.45) is 0 Å². The molecular weight excluding hydrogens is 294 g/mol. The van der Waals surface area contributed by atoms with Crippen molar-refractivity contribution in [1.29, 1.82) is 0 Å². The zero-order valence-electron chi connectivity index (χ0n) is 8.59. The first-order valence-corrected chi connectivity index (χ1v) is 7.47. The molecule has 2 aromatic rings. The Labute approximate surface area is 101 Å². The molecule has 0 radical (unpaired) electrons. The summed E-state index contributed by atoms with van der Waals surface area (Å²) in [7, 11) is -2.98. The highest BCUT2D eigenvalue weighted by molar-refractivity contribution is 9.10. The quantitative estimate of drug-likeness (QED) is 0.856. The van der Waals surface area contributed by atoms with Gasteiger partial charge in [0.1, 0.15) is 15.4 Å². The highest BCUT2D eigenvalue weighted by atomic mass is 79.9. The lowest BCUT2D eigenvalue weighted by molar-refractivity contribution is 0.585. The summed E-state index contributed by atoms with van der Waals surface area (Å²) in [5, 5.41) is 7.88. The van der Waals surface area contributed by atoms with Crippen LogP contribution in [0, 0.1) is 0 Å². The van der Waals surface area contributed by atoms with Crippen LogP contribution in [0.15, 0.2) is 22.7 Å². The molecule has 0 atom stereocenters. The summed E-state index contributed by atoms with van der Waals surface area (Å²) >= 11 is 3.35. The number of hydrogen-bond donors (Lipinski definition) is 0. The maximum atomic E-state index is 11.1. The Morgan fingerprint density at radius 2 is 2.19 bits per heavy atom.